The van der Waals surface area contributed by atoms with Crippen LogP contribution in [0.5, 0.6) is 5.75 Å². The lowest BCUT2D eigenvalue weighted by atomic mass is 9.90. The van der Waals surface area contributed by atoms with E-state index >= 15 is 0 Å². The number of ketones is 1. The zero-order valence-electron chi connectivity index (χ0n) is 16.4. The molecule has 1 amide bonds. The van der Waals surface area contributed by atoms with Gasteiger partial charge in [-0.25, -0.2) is 0 Å². The van der Waals surface area contributed by atoms with Crippen LogP contribution in [-0.4, -0.2) is 41.7 Å². The molecule has 0 radical (unpaired) electrons. The molecule has 3 atom stereocenters. The zero-order valence-corrected chi connectivity index (χ0v) is 16.4. The van der Waals surface area contributed by atoms with E-state index in [1.807, 2.05) is 39.0 Å². The topological polar surface area (TPSA) is 103 Å². The zero-order chi connectivity index (χ0) is 20.0. The number of hydrogen-bond donors (Lipinski definition) is 2. The first-order valence-electron chi connectivity index (χ1n) is 9.29. The number of ether oxygens (including phenoxy) is 1. The Hall–Kier alpha value is -2.41. The summed E-state index contributed by atoms with van der Waals surface area (Å²) in [5, 5.41) is 6.85. The van der Waals surface area contributed by atoms with Gasteiger partial charge in [0, 0.05) is 12.5 Å². The number of carbonyl (C=O) groups is 2. The average molecular weight is 375 g/mol. The van der Waals surface area contributed by atoms with Gasteiger partial charge in [0.25, 0.3) is 11.5 Å². The Morgan fingerprint density at radius 2 is 2.00 bits per heavy atom. The second-order valence-electron chi connectivity index (χ2n) is 7.26. The highest BCUT2D eigenvalue weighted by Crippen LogP contribution is 2.28. The maximum atomic E-state index is 13.0. The van der Waals surface area contributed by atoms with E-state index in [9.17, 15) is 9.59 Å². The summed E-state index contributed by atoms with van der Waals surface area (Å²) in [6.45, 7) is 7.22. The van der Waals surface area contributed by atoms with Gasteiger partial charge in [0.2, 0.25) is 0 Å². The molecule has 1 aliphatic heterocycles. The number of amides is 1. The van der Waals surface area contributed by atoms with Gasteiger partial charge in [-0.1, -0.05) is 44.1 Å². The number of para-hydroxylation sites is 1. The predicted octanol–water partition coefficient (Wildman–Crippen LogP) is 2.05. The van der Waals surface area contributed by atoms with Gasteiger partial charge in [0.05, 0.1) is 11.8 Å². The van der Waals surface area contributed by atoms with Gasteiger partial charge < -0.3 is 20.6 Å². The lowest BCUT2D eigenvalue weighted by Crippen LogP contribution is -2.55. The summed E-state index contributed by atoms with van der Waals surface area (Å²) in [5.41, 5.74) is 5.46. The first-order valence-corrected chi connectivity index (χ1v) is 9.29. The average Bonchev–Trinajstić information content (AvgIpc) is 3.09. The lowest BCUT2D eigenvalue weighted by Gasteiger charge is -2.28. The fourth-order valence-corrected chi connectivity index (χ4v) is 2.83. The summed E-state index contributed by atoms with van der Waals surface area (Å²) in [6.07, 6.45) is 0.718. The molecule has 1 aromatic rings. The number of nitrogens with two attached hydrogens (primary N) is 1. The Kier molecular flexibility index (Phi) is 6.96. The molecular weight excluding hydrogens is 346 g/mol. The van der Waals surface area contributed by atoms with Gasteiger partial charge in [-0.15, -0.1) is 0 Å². The number of oxime groups is 1. The SMILES string of the molecule is CC[C@H](NC(=O)C1(COc2ccccc2)CC([C@@H](N)C(C)C)=NO1)C(C)=O. The van der Waals surface area contributed by atoms with Crippen molar-refractivity contribution in [1.29, 1.82) is 0 Å². The Balaban J connectivity index is 2.18. The molecule has 27 heavy (non-hydrogen) atoms. The monoisotopic (exact) mass is 375 g/mol. The molecular formula is C20H29N3O4. The van der Waals surface area contributed by atoms with Crippen molar-refractivity contribution in [3.8, 4) is 5.75 Å². The summed E-state index contributed by atoms with van der Waals surface area (Å²) < 4.78 is 5.79. The minimum Gasteiger partial charge on any atom is -0.489 e. The first-order chi connectivity index (χ1) is 12.8. The maximum Gasteiger partial charge on any atom is 0.271 e. The van der Waals surface area contributed by atoms with Crippen LogP contribution in [0.3, 0.4) is 0 Å². The Bertz CT molecular complexity index is 690. The Morgan fingerprint density at radius 3 is 2.56 bits per heavy atom. The highest BCUT2D eigenvalue weighted by atomic mass is 16.7. The molecule has 0 saturated heterocycles. The fourth-order valence-electron chi connectivity index (χ4n) is 2.83. The molecule has 0 saturated carbocycles. The number of benzene rings is 1. The third kappa shape index (κ3) is 5.07. The third-order valence-electron chi connectivity index (χ3n) is 4.74. The van der Waals surface area contributed by atoms with E-state index in [2.05, 4.69) is 10.5 Å². The van der Waals surface area contributed by atoms with Gasteiger partial charge in [-0.05, 0) is 31.4 Å². The number of nitrogens with one attached hydrogen (secondary N) is 1. The highest BCUT2D eigenvalue weighted by molar-refractivity contribution is 5.99. The molecule has 2 rings (SSSR count). The summed E-state index contributed by atoms with van der Waals surface area (Å²) in [5.74, 6) is 0.244. The van der Waals surface area contributed by atoms with Crippen molar-refractivity contribution in [3.63, 3.8) is 0 Å². The normalized spacial score (nSPS) is 21.2. The second kappa shape index (κ2) is 8.99. The maximum absolute atomic E-state index is 13.0. The van der Waals surface area contributed by atoms with Gasteiger partial charge in [0.1, 0.15) is 12.4 Å². The standard InChI is InChI=1S/C20H29N3O4/c1-5-16(14(4)24)22-19(25)20(12-26-15-9-7-6-8-10-15)11-17(23-27-20)18(21)13(2)3/h6-10,13,16,18H,5,11-12,21H2,1-4H3,(H,22,25)/t16-,18-,20?/m0/s1. The van der Waals surface area contributed by atoms with Crippen molar-refractivity contribution in [2.24, 2.45) is 16.8 Å². The summed E-state index contributed by atoms with van der Waals surface area (Å²) in [7, 11) is 0. The van der Waals surface area contributed by atoms with Crippen LogP contribution in [0.2, 0.25) is 0 Å². The lowest BCUT2D eigenvalue weighted by molar-refractivity contribution is -0.149. The molecule has 0 spiro atoms. The largest absolute Gasteiger partial charge is 0.489 e. The number of Topliss-reactive ketones (excluding diaryl/α,β-unsaturated/α-hetero) is 1. The molecule has 0 bridgehead atoms. The summed E-state index contributed by atoms with van der Waals surface area (Å²) in [4.78, 5) is 30.3. The fraction of sp³-hybridized carbons (Fsp3) is 0.550. The van der Waals surface area contributed by atoms with Gasteiger partial charge in [-0.2, -0.15) is 0 Å². The first kappa shape index (κ1) is 20.9. The molecule has 7 heteroatoms. The quantitative estimate of drug-likeness (QED) is 0.687. The van der Waals surface area contributed by atoms with Gasteiger partial charge in [-0.3, -0.25) is 9.59 Å². The molecule has 0 aliphatic carbocycles. The van der Waals surface area contributed by atoms with Gasteiger partial charge in [0.15, 0.2) is 5.78 Å². The van der Waals surface area contributed by atoms with Crippen LogP contribution >= 0.6 is 0 Å². The van der Waals surface area contributed by atoms with Crippen LogP contribution in [-0.2, 0) is 14.4 Å². The van der Waals surface area contributed by atoms with E-state index < -0.39 is 17.6 Å². The van der Waals surface area contributed by atoms with Crippen LogP contribution < -0.4 is 15.8 Å². The van der Waals surface area contributed by atoms with E-state index in [1.165, 1.54) is 6.92 Å². The molecule has 148 valence electrons. The van der Waals surface area contributed by atoms with Crippen molar-refractivity contribution in [2.75, 3.05) is 6.61 Å². The predicted molar refractivity (Wildman–Crippen MR) is 104 cm³/mol. The minimum absolute atomic E-state index is 0.0327. The number of rotatable bonds is 9. The minimum atomic E-state index is -1.35. The molecule has 1 aromatic carbocycles. The van der Waals surface area contributed by atoms with Crippen molar-refractivity contribution in [3.05, 3.63) is 30.3 Å². The second-order valence-corrected chi connectivity index (χ2v) is 7.26. The van der Waals surface area contributed by atoms with Crippen LogP contribution in [0.25, 0.3) is 0 Å². The van der Waals surface area contributed by atoms with Crippen molar-refractivity contribution in [2.45, 2.75) is 58.2 Å². The van der Waals surface area contributed by atoms with E-state index in [-0.39, 0.29) is 30.8 Å². The Labute approximate surface area is 160 Å². The van der Waals surface area contributed by atoms with E-state index in [1.54, 1.807) is 12.1 Å². The van der Waals surface area contributed by atoms with Crippen LogP contribution in [0.4, 0.5) is 0 Å². The highest BCUT2D eigenvalue weighted by Gasteiger charge is 2.49. The van der Waals surface area contributed by atoms with Crippen LogP contribution in [0, 0.1) is 5.92 Å². The summed E-state index contributed by atoms with van der Waals surface area (Å²) in [6, 6.07) is 8.28. The number of carbonyl (C=O) groups excluding carboxylic acids is 2. The van der Waals surface area contributed by atoms with E-state index in [0.717, 1.165) is 0 Å². The molecule has 1 unspecified atom stereocenters. The number of hydrogen-bond acceptors (Lipinski definition) is 6. The van der Waals surface area contributed by atoms with Crippen molar-refractivity contribution >= 4 is 17.4 Å². The molecule has 0 fully saturated rings. The van der Waals surface area contributed by atoms with E-state index in [0.29, 0.717) is 17.9 Å². The molecule has 3 N–H and O–H groups in total. The molecule has 0 aromatic heterocycles. The van der Waals surface area contributed by atoms with Crippen molar-refractivity contribution < 1.29 is 19.2 Å². The smallest absolute Gasteiger partial charge is 0.271 e. The molecule has 1 heterocycles. The van der Waals surface area contributed by atoms with E-state index in [4.69, 9.17) is 15.3 Å². The van der Waals surface area contributed by atoms with Crippen molar-refractivity contribution in [1.82, 2.24) is 5.32 Å². The van der Waals surface area contributed by atoms with Crippen LogP contribution in [0.15, 0.2) is 35.5 Å². The Morgan fingerprint density at radius 1 is 1.33 bits per heavy atom. The van der Waals surface area contributed by atoms with Gasteiger partial charge >= 0.3 is 0 Å². The molecule has 1 aliphatic rings. The number of nitrogens with zero attached hydrogens (tertiary/aromatic N) is 1. The summed E-state index contributed by atoms with van der Waals surface area (Å²) >= 11 is 0. The van der Waals surface area contributed by atoms with Crippen LogP contribution in [0.1, 0.15) is 40.5 Å². The third-order valence-corrected chi connectivity index (χ3v) is 4.74. The molecule has 7 nitrogen and oxygen atoms in total.